The van der Waals surface area contributed by atoms with E-state index in [4.69, 9.17) is 15.7 Å². The van der Waals surface area contributed by atoms with Crippen LogP contribution >= 0.6 is 0 Å². The molecule has 0 radical (unpaired) electrons. The fraction of sp³-hybridized carbons (Fsp3) is 0.500. The zero-order chi connectivity index (χ0) is 14.3. The topological polar surface area (TPSA) is 71.1 Å². The van der Waals surface area contributed by atoms with Crippen molar-refractivity contribution >= 4 is 5.84 Å². The molecule has 0 bridgehead atoms. The van der Waals surface area contributed by atoms with Crippen molar-refractivity contribution in [1.29, 1.82) is 0 Å². The van der Waals surface area contributed by atoms with E-state index in [1.807, 2.05) is 24.3 Å². The minimum atomic E-state index is 0.144. The lowest BCUT2D eigenvalue weighted by atomic mass is 10.1. The lowest BCUT2D eigenvalue weighted by molar-refractivity contribution is 0.125. The molecule has 0 fully saturated rings. The van der Waals surface area contributed by atoms with E-state index in [-0.39, 0.29) is 5.84 Å². The van der Waals surface area contributed by atoms with Crippen molar-refractivity contribution in [3.05, 3.63) is 35.4 Å². The normalized spacial score (nSPS) is 12.4. The number of hydrogen-bond acceptors (Lipinski definition) is 4. The van der Waals surface area contributed by atoms with Crippen molar-refractivity contribution in [2.75, 3.05) is 20.3 Å². The van der Waals surface area contributed by atoms with Crippen LogP contribution in [0.5, 0.6) is 0 Å². The van der Waals surface area contributed by atoms with Gasteiger partial charge in [-0.25, -0.2) is 0 Å². The van der Waals surface area contributed by atoms with E-state index in [0.29, 0.717) is 12.6 Å². The Hall–Kier alpha value is -1.59. The molecule has 5 nitrogen and oxygen atoms in total. The molecule has 19 heavy (non-hydrogen) atoms. The van der Waals surface area contributed by atoms with Gasteiger partial charge in [0.05, 0.1) is 6.61 Å². The van der Waals surface area contributed by atoms with Crippen LogP contribution in [0, 0.1) is 0 Å². The second-order valence-electron chi connectivity index (χ2n) is 4.70. The van der Waals surface area contributed by atoms with Crippen molar-refractivity contribution in [2.24, 2.45) is 10.9 Å². The summed E-state index contributed by atoms with van der Waals surface area (Å²) in [7, 11) is 1.70. The van der Waals surface area contributed by atoms with Gasteiger partial charge < -0.3 is 15.7 Å². The molecule has 0 aliphatic rings. The van der Waals surface area contributed by atoms with Gasteiger partial charge in [0.25, 0.3) is 0 Å². The number of nitrogens with two attached hydrogens (primary N) is 1. The minimum absolute atomic E-state index is 0.144. The third kappa shape index (κ3) is 4.54. The number of methoxy groups -OCH3 is 1. The lowest BCUT2D eigenvalue weighted by Crippen LogP contribution is -2.34. The molecule has 106 valence electrons. The maximum absolute atomic E-state index is 8.83. The third-order valence-corrected chi connectivity index (χ3v) is 3.09. The molecule has 0 amide bonds. The summed E-state index contributed by atoms with van der Waals surface area (Å²) in [4.78, 5) is 2.28. The molecule has 0 atom stereocenters. The van der Waals surface area contributed by atoms with Gasteiger partial charge in [-0.15, -0.1) is 0 Å². The largest absolute Gasteiger partial charge is 0.409 e. The Labute approximate surface area is 114 Å². The van der Waals surface area contributed by atoms with Gasteiger partial charge in [0.15, 0.2) is 5.84 Å². The van der Waals surface area contributed by atoms with Gasteiger partial charge >= 0.3 is 0 Å². The highest BCUT2D eigenvalue weighted by Gasteiger charge is 2.13. The SMILES string of the molecule is COCCN(Cc1ccccc1/C(N)=N/O)C(C)C. The van der Waals surface area contributed by atoms with Crippen LogP contribution in [0.25, 0.3) is 0 Å². The smallest absolute Gasteiger partial charge is 0.170 e. The first-order chi connectivity index (χ1) is 9.10. The number of nitrogens with zero attached hydrogens (tertiary/aromatic N) is 2. The molecular formula is C14H23N3O2. The summed E-state index contributed by atoms with van der Waals surface area (Å²) in [6, 6.07) is 8.09. The van der Waals surface area contributed by atoms with Crippen molar-refractivity contribution in [3.63, 3.8) is 0 Å². The molecule has 1 rings (SSSR count). The fourth-order valence-corrected chi connectivity index (χ4v) is 1.91. The third-order valence-electron chi connectivity index (χ3n) is 3.09. The van der Waals surface area contributed by atoms with Crippen molar-refractivity contribution in [1.82, 2.24) is 4.90 Å². The Morgan fingerprint density at radius 1 is 1.42 bits per heavy atom. The van der Waals surface area contributed by atoms with Gasteiger partial charge in [0.1, 0.15) is 0 Å². The minimum Gasteiger partial charge on any atom is -0.409 e. The number of rotatable bonds is 7. The maximum atomic E-state index is 8.83. The van der Waals surface area contributed by atoms with E-state index in [0.717, 1.165) is 24.2 Å². The molecule has 5 heteroatoms. The Kier molecular flexibility index (Phi) is 6.32. The molecule has 0 saturated carbocycles. The molecule has 1 aromatic carbocycles. The van der Waals surface area contributed by atoms with E-state index in [1.165, 1.54) is 0 Å². The molecule has 0 unspecified atom stereocenters. The quantitative estimate of drug-likeness (QED) is 0.340. The zero-order valence-corrected chi connectivity index (χ0v) is 11.8. The molecule has 1 aromatic rings. The van der Waals surface area contributed by atoms with Crippen LogP contribution in [0.2, 0.25) is 0 Å². The van der Waals surface area contributed by atoms with Gasteiger partial charge in [0, 0.05) is 31.8 Å². The van der Waals surface area contributed by atoms with Crippen LogP contribution < -0.4 is 5.73 Å². The van der Waals surface area contributed by atoms with Crippen molar-refractivity contribution in [2.45, 2.75) is 26.4 Å². The molecular weight excluding hydrogens is 242 g/mol. The number of hydrogen-bond donors (Lipinski definition) is 2. The molecule has 0 aromatic heterocycles. The first kappa shape index (κ1) is 15.5. The van der Waals surface area contributed by atoms with Gasteiger partial charge in [-0.05, 0) is 19.4 Å². The Morgan fingerprint density at radius 2 is 2.11 bits per heavy atom. The van der Waals surface area contributed by atoms with E-state index in [2.05, 4.69) is 23.9 Å². The number of benzene rings is 1. The number of ether oxygens (including phenoxy) is 1. The Balaban J connectivity index is 2.90. The van der Waals surface area contributed by atoms with E-state index in [1.54, 1.807) is 7.11 Å². The lowest BCUT2D eigenvalue weighted by Gasteiger charge is -2.27. The zero-order valence-electron chi connectivity index (χ0n) is 11.8. The van der Waals surface area contributed by atoms with Gasteiger partial charge in [0.2, 0.25) is 0 Å². The Bertz CT molecular complexity index is 419. The summed E-state index contributed by atoms with van der Waals surface area (Å²) in [6.07, 6.45) is 0. The standard InChI is InChI=1S/C14H23N3O2/c1-11(2)17(8-9-19-3)10-12-6-4-5-7-13(12)14(15)16-18/h4-7,11,18H,8-10H2,1-3H3,(H2,15,16). The summed E-state index contributed by atoms with van der Waals surface area (Å²) in [5.41, 5.74) is 7.52. The van der Waals surface area contributed by atoms with Gasteiger partial charge in [-0.2, -0.15) is 0 Å². The van der Waals surface area contributed by atoms with Gasteiger partial charge in [-0.3, -0.25) is 4.90 Å². The summed E-state index contributed by atoms with van der Waals surface area (Å²) in [5, 5.41) is 11.9. The maximum Gasteiger partial charge on any atom is 0.170 e. The molecule has 0 heterocycles. The molecule has 0 aliphatic carbocycles. The van der Waals surface area contributed by atoms with E-state index >= 15 is 0 Å². The second kappa shape index (κ2) is 7.76. The average Bonchev–Trinajstić information content (AvgIpc) is 2.42. The molecule has 3 N–H and O–H groups in total. The summed E-state index contributed by atoms with van der Waals surface area (Å²) < 4.78 is 5.13. The van der Waals surface area contributed by atoms with Crippen LogP contribution in [0.3, 0.4) is 0 Å². The van der Waals surface area contributed by atoms with Crippen LogP contribution in [0.15, 0.2) is 29.4 Å². The predicted octanol–water partition coefficient (Wildman–Crippen LogP) is 1.64. The first-order valence-corrected chi connectivity index (χ1v) is 6.39. The van der Waals surface area contributed by atoms with Crippen LogP contribution in [-0.4, -0.2) is 42.2 Å². The highest BCUT2D eigenvalue weighted by molar-refractivity contribution is 5.98. The van der Waals surface area contributed by atoms with Crippen LogP contribution in [-0.2, 0) is 11.3 Å². The average molecular weight is 265 g/mol. The summed E-state index contributed by atoms with van der Waals surface area (Å²) >= 11 is 0. The number of amidine groups is 1. The summed E-state index contributed by atoms with van der Waals surface area (Å²) in [5.74, 6) is 0.144. The molecule has 0 spiro atoms. The van der Waals surface area contributed by atoms with Gasteiger partial charge in [-0.1, -0.05) is 29.4 Å². The summed E-state index contributed by atoms with van der Waals surface area (Å²) in [6.45, 7) is 6.56. The monoisotopic (exact) mass is 265 g/mol. The predicted molar refractivity (Wildman–Crippen MR) is 76.4 cm³/mol. The van der Waals surface area contributed by atoms with E-state index in [9.17, 15) is 0 Å². The van der Waals surface area contributed by atoms with Crippen molar-refractivity contribution in [3.8, 4) is 0 Å². The molecule has 0 saturated heterocycles. The fourth-order valence-electron chi connectivity index (χ4n) is 1.91. The number of oxime groups is 1. The van der Waals surface area contributed by atoms with Crippen LogP contribution in [0.4, 0.5) is 0 Å². The van der Waals surface area contributed by atoms with Crippen LogP contribution in [0.1, 0.15) is 25.0 Å². The second-order valence-corrected chi connectivity index (χ2v) is 4.70. The molecule has 0 aliphatic heterocycles. The highest BCUT2D eigenvalue weighted by Crippen LogP contribution is 2.13. The Morgan fingerprint density at radius 3 is 2.68 bits per heavy atom. The highest BCUT2D eigenvalue weighted by atomic mass is 16.5. The van der Waals surface area contributed by atoms with Crippen molar-refractivity contribution < 1.29 is 9.94 Å². The van der Waals surface area contributed by atoms with E-state index < -0.39 is 0 Å². The first-order valence-electron chi connectivity index (χ1n) is 6.39.